The molecule has 0 aliphatic heterocycles. The molecule has 0 aromatic heterocycles. The van der Waals surface area contributed by atoms with Crippen LogP contribution in [0.4, 0.5) is 0 Å². The molecule has 0 N–H and O–H groups in total. The zero-order valence-electron chi connectivity index (χ0n) is 15.7. The first-order chi connectivity index (χ1) is 12.0. The zero-order valence-corrected chi connectivity index (χ0v) is 16.5. The van der Waals surface area contributed by atoms with Crippen LogP contribution >= 0.6 is 0 Å². The summed E-state index contributed by atoms with van der Waals surface area (Å²) >= 11 is 0. The molecule has 0 spiro atoms. The third-order valence-electron chi connectivity index (χ3n) is 3.90. The molecule has 7 heteroatoms. The van der Waals surface area contributed by atoms with Crippen molar-refractivity contribution < 1.29 is 22.1 Å². The van der Waals surface area contributed by atoms with Gasteiger partial charge in [0, 0.05) is 19.6 Å². The van der Waals surface area contributed by atoms with Crippen molar-refractivity contribution in [3.05, 3.63) is 30.3 Å². The van der Waals surface area contributed by atoms with E-state index in [9.17, 15) is 8.42 Å². The molecule has 0 unspecified atom stereocenters. The number of para-hydroxylation sites is 1. The van der Waals surface area contributed by atoms with Crippen LogP contribution in [-0.4, -0.2) is 56.3 Å². The Morgan fingerprint density at radius 3 is 1.92 bits per heavy atom. The molecule has 0 amide bonds. The maximum absolute atomic E-state index is 12.9. The van der Waals surface area contributed by atoms with Crippen molar-refractivity contribution in [1.29, 1.82) is 0 Å². The predicted octanol–water partition coefficient (Wildman–Crippen LogP) is 4.22. The van der Waals surface area contributed by atoms with Gasteiger partial charge in [-0.2, -0.15) is 8.42 Å². The molecule has 1 aromatic rings. The first kappa shape index (κ1) is 25.9. The van der Waals surface area contributed by atoms with Crippen molar-refractivity contribution in [2.24, 2.45) is 0 Å². The molecule has 0 heterocycles. The van der Waals surface area contributed by atoms with E-state index in [4.69, 9.17) is 13.7 Å². The van der Waals surface area contributed by atoms with Gasteiger partial charge in [-0.05, 0) is 32.4 Å². The number of hydrogen-bond acceptors (Lipinski definition) is 5. The summed E-state index contributed by atoms with van der Waals surface area (Å²) in [4.78, 5) is 0. The van der Waals surface area contributed by atoms with E-state index in [0.29, 0.717) is 6.42 Å². The van der Waals surface area contributed by atoms with Crippen molar-refractivity contribution in [3.8, 4) is 5.75 Å². The first-order valence-corrected chi connectivity index (χ1v) is 10.7. The van der Waals surface area contributed by atoms with Gasteiger partial charge in [0.2, 0.25) is 0 Å². The Morgan fingerprint density at radius 2 is 1.38 bits per heavy atom. The van der Waals surface area contributed by atoms with E-state index < -0.39 is 15.2 Å². The Morgan fingerprint density at radius 1 is 0.846 bits per heavy atom. The van der Waals surface area contributed by atoms with E-state index in [2.05, 4.69) is 6.92 Å². The monoisotopic (exact) mass is 396 g/mol. The fourth-order valence-electron chi connectivity index (χ4n) is 2.68. The molecular formula is C19H33NaO5S. The maximum atomic E-state index is 12.9. The number of benzene rings is 1. The van der Waals surface area contributed by atoms with Gasteiger partial charge in [0.05, 0.1) is 0 Å². The summed E-state index contributed by atoms with van der Waals surface area (Å²) in [6.07, 6.45) is 6.56. The van der Waals surface area contributed by atoms with E-state index in [1.807, 2.05) is 0 Å². The molecular weight excluding hydrogens is 363 g/mol. The van der Waals surface area contributed by atoms with Crippen molar-refractivity contribution in [1.82, 2.24) is 0 Å². The van der Waals surface area contributed by atoms with E-state index in [0.717, 1.165) is 12.8 Å². The van der Waals surface area contributed by atoms with E-state index in [-0.39, 0.29) is 54.9 Å². The molecule has 0 bridgehead atoms. The summed E-state index contributed by atoms with van der Waals surface area (Å²) < 4.78 is 42.3. The van der Waals surface area contributed by atoms with Crippen molar-refractivity contribution in [2.75, 3.05) is 13.2 Å². The van der Waals surface area contributed by atoms with Gasteiger partial charge in [-0.15, -0.1) is 0 Å². The van der Waals surface area contributed by atoms with Crippen LogP contribution in [0.15, 0.2) is 30.3 Å². The summed E-state index contributed by atoms with van der Waals surface area (Å²) in [7, 11) is -4.10. The number of ether oxygens (including phenoxy) is 2. The Balaban J connectivity index is 0.00000625. The van der Waals surface area contributed by atoms with Gasteiger partial charge < -0.3 is 13.7 Å². The Kier molecular flexibility index (Phi) is 13.9. The summed E-state index contributed by atoms with van der Waals surface area (Å²) in [6.45, 7) is 6.14. The van der Waals surface area contributed by atoms with Crippen LogP contribution in [0.2, 0.25) is 0 Å². The number of hydrogen-bond donors (Lipinski definition) is 0. The molecule has 26 heavy (non-hydrogen) atoms. The second-order valence-corrected chi connectivity index (χ2v) is 7.61. The Labute approximate surface area is 181 Å². The molecule has 0 saturated heterocycles. The van der Waals surface area contributed by atoms with Crippen molar-refractivity contribution in [2.45, 2.75) is 70.8 Å². The third-order valence-corrected chi connectivity index (χ3v) is 5.51. The van der Waals surface area contributed by atoms with Crippen LogP contribution in [0.3, 0.4) is 0 Å². The van der Waals surface area contributed by atoms with Crippen LogP contribution in [0.5, 0.6) is 5.75 Å². The molecule has 0 fully saturated rings. The van der Waals surface area contributed by atoms with Gasteiger partial charge in [-0.25, -0.2) is 0 Å². The van der Waals surface area contributed by atoms with Crippen LogP contribution in [0.1, 0.15) is 65.7 Å². The quantitative estimate of drug-likeness (QED) is 0.204. The van der Waals surface area contributed by atoms with Crippen LogP contribution in [0, 0.1) is 0 Å². The van der Waals surface area contributed by atoms with E-state index in [1.54, 1.807) is 44.2 Å². The zero-order chi connectivity index (χ0) is 18.6. The summed E-state index contributed by atoms with van der Waals surface area (Å²) in [5, 5.41) is -1.75. The second kappa shape index (κ2) is 14.0. The fraction of sp³-hybridized carbons (Fsp3) is 0.684. The Bertz CT molecular complexity index is 557. The molecule has 5 nitrogen and oxygen atoms in total. The normalized spacial score (nSPS) is 11.8. The van der Waals surface area contributed by atoms with Crippen LogP contribution in [0.25, 0.3) is 0 Å². The first-order valence-electron chi connectivity index (χ1n) is 9.28. The van der Waals surface area contributed by atoms with Gasteiger partial charge in [0.25, 0.3) is 0 Å². The Hall–Kier alpha value is -0.110. The molecule has 0 aliphatic carbocycles. The average Bonchev–Trinajstić information content (AvgIpc) is 2.58. The summed E-state index contributed by atoms with van der Waals surface area (Å²) in [5.74, 6) is 0.259. The van der Waals surface area contributed by atoms with Gasteiger partial charge in [-0.3, -0.25) is 0 Å². The third kappa shape index (κ3) is 8.28. The minimum atomic E-state index is -4.10. The van der Waals surface area contributed by atoms with Crippen molar-refractivity contribution in [3.63, 3.8) is 0 Å². The minimum absolute atomic E-state index is 0. The van der Waals surface area contributed by atoms with Gasteiger partial charge >= 0.3 is 44.8 Å². The molecule has 0 saturated carbocycles. The van der Waals surface area contributed by atoms with E-state index >= 15 is 0 Å². The number of unbranched alkanes of at least 4 members (excludes halogenated alkanes) is 5. The van der Waals surface area contributed by atoms with E-state index in [1.165, 1.54) is 19.3 Å². The molecule has 0 aliphatic rings. The van der Waals surface area contributed by atoms with Crippen molar-refractivity contribution >= 4 is 39.7 Å². The van der Waals surface area contributed by atoms with Crippen LogP contribution in [-0.2, 0) is 19.6 Å². The van der Waals surface area contributed by atoms with Crippen LogP contribution < -0.4 is 4.18 Å². The molecule has 1 aromatic carbocycles. The van der Waals surface area contributed by atoms with Gasteiger partial charge in [-0.1, -0.05) is 57.2 Å². The SMILES string of the molecule is CCCCCCCCC(OCC)(OCC)S(=O)(=O)Oc1ccccc1.[NaH]. The molecule has 1 rings (SSSR count). The molecule has 146 valence electrons. The standard InChI is InChI=1S/C19H32O5S.Na.H/c1-4-7-8-9-10-14-17-19(22-5-2,23-6-3)25(20,21)24-18-15-12-11-13-16-18;;/h11-13,15-16H,4-10,14,17H2,1-3H3;;. The summed E-state index contributed by atoms with van der Waals surface area (Å²) in [5.41, 5.74) is 0. The van der Waals surface area contributed by atoms with Gasteiger partial charge in [0.15, 0.2) is 0 Å². The predicted molar refractivity (Wildman–Crippen MR) is 107 cm³/mol. The molecule has 0 atom stereocenters. The van der Waals surface area contributed by atoms with Gasteiger partial charge in [0.1, 0.15) is 5.75 Å². The average molecular weight is 397 g/mol. The number of rotatable bonds is 14. The molecule has 0 radical (unpaired) electrons. The fourth-order valence-corrected chi connectivity index (χ4v) is 4.09. The second-order valence-electron chi connectivity index (χ2n) is 5.92. The topological polar surface area (TPSA) is 61.8 Å². The summed E-state index contributed by atoms with van der Waals surface area (Å²) in [6, 6.07) is 8.45.